The molecule has 2 aromatic heterocycles. The van der Waals surface area contributed by atoms with Crippen molar-refractivity contribution >= 4 is 28.2 Å². The summed E-state index contributed by atoms with van der Waals surface area (Å²) in [6.45, 7) is 4.73. The minimum Gasteiger partial charge on any atom is -0.370 e. The van der Waals surface area contributed by atoms with Gasteiger partial charge in [0.25, 0.3) is 5.91 Å². The molecule has 0 radical (unpaired) electrons. The number of nitrogens with zero attached hydrogens (tertiary/aromatic N) is 3. The summed E-state index contributed by atoms with van der Waals surface area (Å²) in [5.74, 6) is 0.403. The van der Waals surface area contributed by atoms with Crippen molar-refractivity contribution in [2.24, 2.45) is 0 Å². The lowest BCUT2D eigenvalue weighted by atomic mass is 10.3. The third-order valence-electron chi connectivity index (χ3n) is 2.33. The van der Waals surface area contributed by atoms with Gasteiger partial charge < -0.3 is 5.32 Å². The second-order valence-electron chi connectivity index (χ2n) is 3.75. The van der Waals surface area contributed by atoms with E-state index in [0.717, 1.165) is 18.0 Å². The van der Waals surface area contributed by atoms with Crippen LogP contribution in [0.3, 0.4) is 0 Å². The predicted molar refractivity (Wildman–Crippen MR) is 75.6 cm³/mol. The largest absolute Gasteiger partial charge is 0.370 e. The Morgan fingerprint density at radius 3 is 2.84 bits per heavy atom. The molecule has 0 aromatic carbocycles. The Hall–Kier alpha value is -2.02. The zero-order valence-corrected chi connectivity index (χ0v) is 11.6. The Morgan fingerprint density at radius 2 is 2.16 bits per heavy atom. The van der Waals surface area contributed by atoms with Crippen molar-refractivity contribution in [2.45, 2.75) is 20.3 Å². The van der Waals surface area contributed by atoms with E-state index in [2.05, 4.69) is 25.8 Å². The fourth-order valence-corrected chi connectivity index (χ4v) is 2.12. The van der Waals surface area contributed by atoms with Gasteiger partial charge in [0.05, 0.1) is 0 Å². The lowest BCUT2D eigenvalue weighted by Crippen LogP contribution is -2.14. The molecule has 2 rings (SSSR count). The van der Waals surface area contributed by atoms with Crippen LogP contribution < -0.4 is 10.6 Å². The van der Waals surface area contributed by atoms with Gasteiger partial charge in [-0.05, 0) is 25.5 Å². The van der Waals surface area contributed by atoms with Gasteiger partial charge in [0, 0.05) is 6.54 Å². The first-order valence-electron chi connectivity index (χ1n) is 6.07. The first-order chi connectivity index (χ1) is 9.22. The second-order valence-corrected chi connectivity index (χ2v) is 4.81. The zero-order valence-electron chi connectivity index (χ0n) is 10.8. The highest BCUT2D eigenvalue weighted by molar-refractivity contribution is 7.15. The molecule has 0 fully saturated rings. The van der Waals surface area contributed by atoms with E-state index in [1.54, 1.807) is 12.1 Å². The fraction of sp³-hybridized carbons (Fsp3) is 0.333. The third-order valence-corrected chi connectivity index (χ3v) is 3.31. The van der Waals surface area contributed by atoms with E-state index in [-0.39, 0.29) is 5.91 Å². The van der Waals surface area contributed by atoms with E-state index in [4.69, 9.17) is 0 Å². The summed E-state index contributed by atoms with van der Waals surface area (Å²) in [4.78, 5) is 16.2. The van der Waals surface area contributed by atoms with Crippen molar-refractivity contribution in [2.75, 3.05) is 17.2 Å². The van der Waals surface area contributed by atoms with Crippen molar-refractivity contribution in [3.8, 4) is 0 Å². The second kappa shape index (κ2) is 6.24. The smallest absolute Gasteiger partial charge is 0.276 e. The molecular formula is C12H15N5OS. The maximum absolute atomic E-state index is 12.0. The van der Waals surface area contributed by atoms with Crippen molar-refractivity contribution in [3.63, 3.8) is 0 Å². The van der Waals surface area contributed by atoms with Gasteiger partial charge in [-0.3, -0.25) is 10.1 Å². The van der Waals surface area contributed by atoms with Crippen molar-refractivity contribution in [3.05, 3.63) is 28.9 Å². The number of carbonyl (C=O) groups is 1. The fourth-order valence-electron chi connectivity index (χ4n) is 1.45. The Bertz CT molecular complexity index is 569. The standard InChI is InChI=1S/C12H15N5OS/c1-3-10-16-17-12(19-10)15-11(18)8-6-5-7-9(14-8)13-4-2/h5-7H,3-4H2,1-2H3,(H,13,14)(H,15,17,18). The van der Waals surface area contributed by atoms with Gasteiger partial charge in [0.2, 0.25) is 5.13 Å². The Morgan fingerprint density at radius 1 is 1.32 bits per heavy atom. The molecule has 0 spiro atoms. The van der Waals surface area contributed by atoms with Crippen LogP contribution in [0.2, 0.25) is 0 Å². The summed E-state index contributed by atoms with van der Waals surface area (Å²) in [5.41, 5.74) is 0.353. The molecule has 7 heteroatoms. The molecule has 0 aliphatic heterocycles. The first kappa shape index (κ1) is 13.4. The molecule has 0 bridgehead atoms. The summed E-state index contributed by atoms with van der Waals surface area (Å²) >= 11 is 1.37. The normalized spacial score (nSPS) is 10.2. The summed E-state index contributed by atoms with van der Waals surface area (Å²) in [6, 6.07) is 5.27. The van der Waals surface area contributed by atoms with Gasteiger partial charge in [-0.15, -0.1) is 10.2 Å². The number of amides is 1. The molecule has 0 atom stereocenters. The monoisotopic (exact) mass is 277 g/mol. The molecule has 100 valence electrons. The number of anilines is 2. The third kappa shape index (κ3) is 3.47. The molecule has 2 aromatic rings. The van der Waals surface area contributed by atoms with Crippen LogP contribution in [0.1, 0.15) is 29.3 Å². The molecule has 0 aliphatic rings. The van der Waals surface area contributed by atoms with Gasteiger partial charge in [-0.1, -0.05) is 24.3 Å². The Balaban J connectivity index is 2.08. The summed E-state index contributed by atoms with van der Waals surface area (Å²) in [6.07, 6.45) is 0.807. The van der Waals surface area contributed by atoms with Crippen LogP contribution in [0, 0.1) is 0 Å². The lowest BCUT2D eigenvalue weighted by Gasteiger charge is -2.04. The average Bonchev–Trinajstić information content (AvgIpc) is 2.87. The number of hydrogen-bond donors (Lipinski definition) is 2. The number of aryl methyl sites for hydroxylation is 1. The summed E-state index contributed by atoms with van der Waals surface area (Å²) < 4.78 is 0. The van der Waals surface area contributed by atoms with E-state index in [1.165, 1.54) is 11.3 Å². The average molecular weight is 277 g/mol. The maximum atomic E-state index is 12.0. The lowest BCUT2D eigenvalue weighted by molar-refractivity contribution is 0.102. The van der Waals surface area contributed by atoms with E-state index in [1.807, 2.05) is 19.9 Å². The summed E-state index contributed by atoms with van der Waals surface area (Å²) in [5, 5.41) is 15.0. The molecule has 2 N–H and O–H groups in total. The zero-order chi connectivity index (χ0) is 13.7. The Labute approximate surface area is 115 Å². The number of pyridine rings is 1. The van der Waals surface area contributed by atoms with Crippen LogP contribution in [0.15, 0.2) is 18.2 Å². The van der Waals surface area contributed by atoms with Gasteiger partial charge >= 0.3 is 0 Å². The minimum atomic E-state index is -0.279. The van der Waals surface area contributed by atoms with E-state index in [0.29, 0.717) is 16.6 Å². The highest BCUT2D eigenvalue weighted by Gasteiger charge is 2.11. The van der Waals surface area contributed by atoms with Crippen LogP contribution in [0.4, 0.5) is 10.9 Å². The van der Waals surface area contributed by atoms with Crippen LogP contribution in [0.25, 0.3) is 0 Å². The molecule has 0 aliphatic carbocycles. The predicted octanol–water partition coefficient (Wildman–Crippen LogP) is 2.18. The number of aromatic nitrogens is 3. The number of nitrogens with one attached hydrogen (secondary N) is 2. The molecule has 0 unspecified atom stereocenters. The molecular weight excluding hydrogens is 262 g/mol. The number of carbonyl (C=O) groups excluding carboxylic acids is 1. The van der Waals surface area contributed by atoms with E-state index >= 15 is 0 Å². The molecule has 2 heterocycles. The quantitative estimate of drug-likeness (QED) is 0.875. The highest BCUT2D eigenvalue weighted by Crippen LogP contribution is 2.16. The van der Waals surface area contributed by atoms with Crippen molar-refractivity contribution in [1.29, 1.82) is 0 Å². The van der Waals surface area contributed by atoms with Gasteiger partial charge in [0.15, 0.2) is 0 Å². The Kier molecular flexibility index (Phi) is 4.40. The van der Waals surface area contributed by atoms with Crippen LogP contribution in [-0.2, 0) is 6.42 Å². The highest BCUT2D eigenvalue weighted by atomic mass is 32.1. The number of rotatable bonds is 5. The molecule has 0 saturated heterocycles. The molecule has 1 amide bonds. The summed E-state index contributed by atoms with van der Waals surface area (Å²) in [7, 11) is 0. The molecule has 6 nitrogen and oxygen atoms in total. The van der Waals surface area contributed by atoms with Crippen molar-refractivity contribution in [1.82, 2.24) is 15.2 Å². The molecule has 0 saturated carbocycles. The van der Waals surface area contributed by atoms with Gasteiger partial charge in [0.1, 0.15) is 16.5 Å². The molecule has 19 heavy (non-hydrogen) atoms. The maximum Gasteiger partial charge on any atom is 0.276 e. The SMILES string of the molecule is CCNc1cccc(C(=O)Nc2nnc(CC)s2)n1. The van der Waals surface area contributed by atoms with Gasteiger partial charge in [-0.25, -0.2) is 4.98 Å². The van der Waals surface area contributed by atoms with Crippen LogP contribution in [-0.4, -0.2) is 27.6 Å². The number of hydrogen-bond acceptors (Lipinski definition) is 6. The first-order valence-corrected chi connectivity index (χ1v) is 6.89. The van der Waals surface area contributed by atoms with Gasteiger partial charge in [-0.2, -0.15) is 0 Å². The van der Waals surface area contributed by atoms with Crippen LogP contribution >= 0.6 is 11.3 Å². The topological polar surface area (TPSA) is 79.8 Å². The van der Waals surface area contributed by atoms with E-state index < -0.39 is 0 Å². The van der Waals surface area contributed by atoms with Crippen molar-refractivity contribution < 1.29 is 4.79 Å². The van der Waals surface area contributed by atoms with E-state index in [9.17, 15) is 4.79 Å². The minimum absolute atomic E-state index is 0.279. The van der Waals surface area contributed by atoms with Crippen LogP contribution in [0.5, 0.6) is 0 Å².